The second kappa shape index (κ2) is 12.3. The van der Waals surface area contributed by atoms with Gasteiger partial charge in [0, 0.05) is 17.1 Å². The first kappa shape index (κ1) is 23.1. The van der Waals surface area contributed by atoms with Crippen LogP contribution in [0.4, 0.5) is 17.1 Å². The predicted octanol–water partition coefficient (Wildman–Crippen LogP) is 9.18. The molecule has 0 radical (unpaired) electrons. The molecule has 0 aliphatic carbocycles. The van der Waals surface area contributed by atoms with Crippen LogP contribution in [0, 0.1) is 0 Å². The molecule has 0 heterocycles. The predicted molar refractivity (Wildman–Crippen MR) is 137 cm³/mol. The van der Waals surface area contributed by atoms with Crippen molar-refractivity contribution < 1.29 is 0 Å². The Balaban J connectivity index is 1.90. The molecule has 0 saturated heterocycles. The lowest BCUT2D eigenvalue weighted by molar-refractivity contribution is 0.794. The molecule has 164 valence electrons. The summed E-state index contributed by atoms with van der Waals surface area (Å²) in [6, 6.07) is 27.4. The van der Waals surface area contributed by atoms with Crippen molar-refractivity contribution in [3.63, 3.8) is 0 Å². The van der Waals surface area contributed by atoms with Crippen LogP contribution in [-0.2, 0) is 19.3 Å². The SMILES string of the molecule is CCCCc1ccc(N(c2ccc(CCCC)cc2)c2ccc(CCCC)cc2)cc1. The normalized spacial score (nSPS) is 10.9. The number of hydrogen-bond donors (Lipinski definition) is 0. The summed E-state index contributed by atoms with van der Waals surface area (Å²) >= 11 is 0. The number of rotatable bonds is 12. The number of unbranched alkanes of at least 4 members (excludes halogenated alkanes) is 3. The van der Waals surface area contributed by atoms with E-state index >= 15 is 0 Å². The average Bonchev–Trinajstić information content (AvgIpc) is 2.82. The highest BCUT2D eigenvalue weighted by molar-refractivity contribution is 5.76. The maximum Gasteiger partial charge on any atom is 0.0461 e. The Labute approximate surface area is 190 Å². The van der Waals surface area contributed by atoms with Gasteiger partial charge in [-0.3, -0.25) is 0 Å². The van der Waals surface area contributed by atoms with E-state index in [9.17, 15) is 0 Å². The van der Waals surface area contributed by atoms with Crippen LogP contribution in [-0.4, -0.2) is 0 Å². The van der Waals surface area contributed by atoms with Crippen LogP contribution >= 0.6 is 0 Å². The molecule has 31 heavy (non-hydrogen) atoms. The number of aryl methyl sites for hydroxylation is 3. The fourth-order valence-corrected chi connectivity index (χ4v) is 4.02. The average molecular weight is 414 g/mol. The Bertz CT molecular complexity index is 753. The van der Waals surface area contributed by atoms with Gasteiger partial charge in [0.15, 0.2) is 0 Å². The molecular formula is C30H39N. The van der Waals surface area contributed by atoms with E-state index in [0.29, 0.717) is 0 Å². The van der Waals surface area contributed by atoms with Crippen molar-refractivity contribution in [2.75, 3.05) is 4.90 Å². The molecule has 0 atom stereocenters. The maximum absolute atomic E-state index is 2.39. The molecule has 1 nitrogen and oxygen atoms in total. The molecule has 0 aliphatic rings. The lowest BCUT2D eigenvalue weighted by atomic mass is 10.0. The zero-order valence-corrected chi connectivity index (χ0v) is 19.7. The van der Waals surface area contributed by atoms with Gasteiger partial charge in [0.05, 0.1) is 0 Å². The topological polar surface area (TPSA) is 3.24 Å². The molecule has 3 rings (SSSR count). The zero-order chi connectivity index (χ0) is 21.9. The van der Waals surface area contributed by atoms with Gasteiger partial charge in [-0.15, -0.1) is 0 Å². The third-order valence-electron chi connectivity index (χ3n) is 6.04. The molecule has 0 saturated carbocycles. The van der Waals surface area contributed by atoms with Gasteiger partial charge in [0.25, 0.3) is 0 Å². The highest BCUT2D eigenvalue weighted by Crippen LogP contribution is 2.35. The largest absolute Gasteiger partial charge is 0.311 e. The lowest BCUT2D eigenvalue weighted by Crippen LogP contribution is -2.10. The summed E-state index contributed by atoms with van der Waals surface area (Å²) < 4.78 is 0. The molecule has 3 aromatic rings. The fourth-order valence-electron chi connectivity index (χ4n) is 4.02. The molecule has 1 heteroatoms. The summed E-state index contributed by atoms with van der Waals surface area (Å²) in [5.74, 6) is 0. The number of hydrogen-bond acceptors (Lipinski definition) is 1. The number of benzene rings is 3. The Morgan fingerprint density at radius 2 is 0.677 bits per heavy atom. The van der Waals surface area contributed by atoms with Gasteiger partial charge in [-0.05, 0) is 91.6 Å². The van der Waals surface area contributed by atoms with Crippen LogP contribution in [0.15, 0.2) is 72.8 Å². The summed E-state index contributed by atoms with van der Waals surface area (Å²) in [5, 5.41) is 0. The van der Waals surface area contributed by atoms with Gasteiger partial charge < -0.3 is 4.90 Å². The number of anilines is 3. The zero-order valence-electron chi connectivity index (χ0n) is 19.7. The van der Waals surface area contributed by atoms with Crippen LogP contribution < -0.4 is 4.90 Å². The van der Waals surface area contributed by atoms with Crippen molar-refractivity contribution in [1.82, 2.24) is 0 Å². The number of nitrogens with zero attached hydrogens (tertiary/aromatic N) is 1. The van der Waals surface area contributed by atoms with Gasteiger partial charge in [-0.1, -0.05) is 76.4 Å². The fraction of sp³-hybridized carbons (Fsp3) is 0.400. The van der Waals surface area contributed by atoms with Gasteiger partial charge in [0.2, 0.25) is 0 Å². The van der Waals surface area contributed by atoms with E-state index in [1.807, 2.05) is 0 Å². The summed E-state index contributed by atoms with van der Waals surface area (Å²) in [7, 11) is 0. The van der Waals surface area contributed by atoms with Crippen molar-refractivity contribution >= 4 is 17.1 Å². The quantitative estimate of drug-likeness (QED) is 0.286. The van der Waals surface area contributed by atoms with E-state index < -0.39 is 0 Å². The standard InChI is InChI=1S/C30H39N/c1-4-7-10-25-13-19-28(20-14-25)31(29-21-15-26(16-22-29)11-8-5-2)30-23-17-27(18-24-30)12-9-6-3/h13-24H,4-12H2,1-3H3. The third-order valence-corrected chi connectivity index (χ3v) is 6.04. The minimum absolute atomic E-state index is 1.16. The second-order valence-electron chi connectivity index (χ2n) is 8.65. The van der Waals surface area contributed by atoms with Gasteiger partial charge in [-0.2, -0.15) is 0 Å². The molecular weight excluding hydrogens is 374 g/mol. The van der Waals surface area contributed by atoms with E-state index in [0.717, 1.165) is 19.3 Å². The van der Waals surface area contributed by atoms with E-state index in [4.69, 9.17) is 0 Å². The molecule has 3 aromatic carbocycles. The van der Waals surface area contributed by atoms with Crippen molar-refractivity contribution in [3.05, 3.63) is 89.5 Å². The van der Waals surface area contributed by atoms with E-state index in [2.05, 4.69) is 98.5 Å². The third kappa shape index (κ3) is 6.72. The molecule has 0 aromatic heterocycles. The van der Waals surface area contributed by atoms with Crippen molar-refractivity contribution in [2.45, 2.75) is 78.6 Å². The Morgan fingerprint density at radius 3 is 0.903 bits per heavy atom. The first-order chi connectivity index (χ1) is 15.2. The highest BCUT2D eigenvalue weighted by atomic mass is 15.1. The summed E-state index contributed by atoms with van der Waals surface area (Å²) in [6.07, 6.45) is 11.0. The Kier molecular flexibility index (Phi) is 9.21. The first-order valence-corrected chi connectivity index (χ1v) is 12.3. The molecule has 0 aliphatic heterocycles. The monoisotopic (exact) mass is 413 g/mol. The van der Waals surface area contributed by atoms with Gasteiger partial charge in [-0.25, -0.2) is 0 Å². The van der Waals surface area contributed by atoms with Gasteiger partial charge >= 0.3 is 0 Å². The minimum atomic E-state index is 1.16. The molecule has 0 N–H and O–H groups in total. The maximum atomic E-state index is 2.39. The summed E-state index contributed by atoms with van der Waals surface area (Å²) in [6.45, 7) is 6.76. The van der Waals surface area contributed by atoms with Crippen molar-refractivity contribution in [1.29, 1.82) is 0 Å². The van der Waals surface area contributed by atoms with Crippen LogP contribution in [0.2, 0.25) is 0 Å². The van der Waals surface area contributed by atoms with E-state index in [1.54, 1.807) is 0 Å². The van der Waals surface area contributed by atoms with Crippen LogP contribution in [0.25, 0.3) is 0 Å². The molecule has 0 fully saturated rings. The van der Waals surface area contributed by atoms with Crippen LogP contribution in [0.3, 0.4) is 0 Å². The molecule has 0 spiro atoms. The van der Waals surface area contributed by atoms with Gasteiger partial charge in [0.1, 0.15) is 0 Å². The minimum Gasteiger partial charge on any atom is -0.311 e. The summed E-state index contributed by atoms with van der Waals surface area (Å²) in [5.41, 5.74) is 7.95. The highest BCUT2D eigenvalue weighted by Gasteiger charge is 2.12. The second-order valence-corrected chi connectivity index (χ2v) is 8.65. The molecule has 0 bridgehead atoms. The van der Waals surface area contributed by atoms with Crippen LogP contribution in [0.5, 0.6) is 0 Å². The smallest absolute Gasteiger partial charge is 0.0461 e. The van der Waals surface area contributed by atoms with Crippen LogP contribution in [0.1, 0.15) is 76.0 Å². The van der Waals surface area contributed by atoms with E-state index in [1.165, 1.54) is 72.3 Å². The van der Waals surface area contributed by atoms with Crippen molar-refractivity contribution in [2.24, 2.45) is 0 Å². The first-order valence-electron chi connectivity index (χ1n) is 12.3. The van der Waals surface area contributed by atoms with Crippen molar-refractivity contribution in [3.8, 4) is 0 Å². The summed E-state index contributed by atoms with van der Waals surface area (Å²) in [4.78, 5) is 2.39. The lowest BCUT2D eigenvalue weighted by Gasteiger charge is -2.26. The molecule has 0 unspecified atom stereocenters. The van der Waals surface area contributed by atoms with E-state index in [-0.39, 0.29) is 0 Å². The Morgan fingerprint density at radius 1 is 0.419 bits per heavy atom. The molecule has 0 amide bonds. The Hall–Kier alpha value is -2.54.